The molecule has 1 aliphatic heterocycles. The maximum Gasteiger partial charge on any atom is 0.0682 e. The van der Waals surface area contributed by atoms with Crippen LogP contribution in [0.2, 0.25) is 0 Å². The van der Waals surface area contributed by atoms with E-state index in [2.05, 4.69) is 0 Å². The third kappa shape index (κ3) is 1.91. The predicted molar refractivity (Wildman–Crippen MR) is 63.2 cm³/mol. The SMILES string of the molecule is OCC1(CC2CCCC2)CCOC1C1CC1. The zero-order valence-corrected chi connectivity index (χ0v) is 10.2. The average Bonchev–Trinajstić information content (AvgIpc) is 2.86. The van der Waals surface area contributed by atoms with Crippen molar-refractivity contribution in [3.05, 3.63) is 0 Å². The van der Waals surface area contributed by atoms with Gasteiger partial charge in [-0.1, -0.05) is 25.7 Å². The van der Waals surface area contributed by atoms with Gasteiger partial charge in [0.05, 0.1) is 12.7 Å². The number of ether oxygens (including phenoxy) is 1. The standard InChI is InChI=1S/C14H24O2/c15-10-14(9-11-3-1-2-4-11)7-8-16-13(14)12-5-6-12/h11-13,15H,1-10H2. The van der Waals surface area contributed by atoms with E-state index in [0.29, 0.717) is 12.7 Å². The normalized spacial score (nSPS) is 40.7. The van der Waals surface area contributed by atoms with Crippen LogP contribution in [-0.4, -0.2) is 24.4 Å². The minimum absolute atomic E-state index is 0.135. The molecule has 2 atom stereocenters. The Kier molecular flexibility index (Phi) is 2.97. The van der Waals surface area contributed by atoms with Crippen LogP contribution in [0, 0.1) is 17.3 Å². The van der Waals surface area contributed by atoms with Crippen LogP contribution in [0.5, 0.6) is 0 Å². The Morgan fingerprint density at radius 3 is 2.50 bits per heavy atom. The fourth-order valence-electron chi connectivity index (χ4n) is 3.98. The number of aliphatic hydroxyl groups excluding tert-OH is 1. The van der Waals surface area contributed by atoms with Gasteiger partial charge in [-0.2, -0.15) is 0 Å². The van der Waals surface area contributed by atoms with Crippen molar-refractivity contribution < 1.29 is 9.84 Å². The molecule has 0 aromatic carbocycles. The molecule has 3 rings (SSSR count). The molecule has 2 heteroatoms. The van der Waals surface area contributed by atoms with E-state index < -0.39 is 0 Å². The lowest BCUT2D eigenvalue weighted by atomic mass is 9.72. The number of hydrogen-bond donors (Lipinski definition) is 1. The highest BCUT2D eigenvalue weighted by Crippen LogP contribution is 2.51. The lowest BCUT2D eigenvalue weighted by Gasteiger charge is -2.34. The smallest absolute Gasteiger partial charge is 0.0682 e. The molecule has 2 unspecified atom stereocenters. The second-order valence-electron chi connectivity index (χ2n) is 6.25. The first-order valence-electron chi connectivity index (χ1n) is 7.06. The van der Waals surface area contributed by atoms with Crippen molar-refractivity contribution in [2.24, 2.45) is 17.3 Å². The Morgan fingerprint density at radius 1 is 1.12 bits per heavy atom. The summed E-state index contributed by atoms with van der Waals surface area (Å²) in [6.07, 6.45) is 11.0. The summed E-state index contributed by atoms with van der Waals surface area (Å²) in [5.74, 6) is 1.64. The van der Waals surface area contributed by atoms with Crippen molar-refractivity contribution in [2.75, 3.05) is 13.2 Å². The fraction of sp³-hybridized carbons (Fsp3) is 1.00. The van der Waals surface area contributed by atoms with Gasteiger partial charge in [-0.25, -0.2) is 0 Å². The number of rotatable bonds is 4. The van der Waals surface area contributed by atoms with Gasteiger partial charge in [-0.15, -0.1) is 0 Å². The summed E-state index contributed by atoms with van der Waals surface area (Å²) in [5.41, 5.74) is 0.135. The molecule has 0 spiro atoms. The van der Waals surface area contributed by atoms with E-state index in [4.69, 9.17) is 4.74 Å². The molecule has 92 valence electrons. The summed E-state index contributed by atoms with van der Waals surface area (Å²) in [6, 6.07) is 0. The molecule has 0 aromatic heterocycles. The molecule has 0 aromatic rings. The van der Waals surface area contributed by atoms with Gasteiger partial charge in [-0.3, -0.25) is 0 Å². The van der Waals surface area contributed by atoms with Crippen LogP contribution in [0.25, 0.3) is 0 Å². The van der Waals surface area contributed by atoms with E-state index in [-0.39, 0.29) is 5.41 Å². The highest BCUT2D eigenvalue weighted by Gasteiger charge is 2.51. The van der Waals surface area contributed by atoms with Crippen LogP contribution in [0.1, 0.15) is 51.4 Å². The summed E-state index contributed by atoms with van der Waals surface area (Å²) in [4.78, 5) is 0. The van der Waals surface area contributed by atoms with Gasteiger partial charge in [0, 0.05) is 12.0 Å². The molecule has 2 saturated carbocycles. The zero-order chi connectivity index (χ0) is 11.0. The Hall–Kier alpha value is -0.0800. The van der Waals surface area contributed by atoms with Crippen LogP contribution in [0.4, 0.5) is 0 Å². The van der Waals surface area contributed by atoms with Gasteiger partial charge < -0.3 is 9.84 Å². The van der Waals surface area contributed by atoms with Crippen molar-refractivity contribution in [2.45, 2.75) is 57.5 Å². The first-order chi connectivity index (χ1) is 7.84. The summed E-state index contributed by atoms with van der Waals surface area (Å²) < 4.78 is 5.93. The van der Waals surface area contributed by atoms with Gasteiger partial charge in [-0.05, 0) is 37.5 Å². The van der Waals surface area contributed by atoms with E-state index in [9.17, 15) is 5.11 Å². The lowest BCUT2D eigenvalue weighted by Crippen LogP contribution is -2.37. The molecule has 1 N–H and O–H groups in total. The van der Waals surface area contributed by atoms with Gasteiger partial charge in [0.15, 0.2) is 0 Å². The Morgan fingerprint density at radius 2 is 1.88 bits per heavy atom. The van der Waals surface area contributed by atoms with Gasteiger partial charge >= 0.3 is 0 Å². The summed E-state index contributed by atoms with van der Waals surface area (Å²) in [6.45, 7) is 1.24. The molecule has 3 aliphatic rings. The minimum Gasteiger partial charge on any atom is -0.396 e. The van der Waals surface area contributed by atoms with Crippen molar-refractivity contribution >= 4 is 0 Å². The maximum absolute atomic E-state index is 9.84. The molecule has 0 radical (unpaired) electrons. The third-order valence-corrected chi connectivity index (χ3v) is 5.04. The van der Waals surface area contributed by atoms with Gasteiger partial charge in [0.1, 0.15) is 0 Å². The number of aliphatic hydroxyl groups is 1. The minimum atomic E-state index is 0.135. The van der Waals surface area contributed by atoms with Crippen LogP contribution >= 0.6 is 0 Å². The number of hydrogen-bond acceptors (Lipinski definition) is 2. The molecule has 0 bridgehead atoms. The van der Waals surface area contributed by atoms with Gasteiger partial charge in [0.25, 0.3) is 0 Å². The van der Waals surface area contributed by atoms with E-state index in [1.165, 1.54) is 44.9 Å². The van der Waals surface area contributed by atoms with Gasteiger partial charge in [0.2, 0.25) is 0 Å². The molecule has 1 saturated heterocycles. The third-order valence-electron chi connectivity index (χ3n) is 5.04. The fourth-order valence-corrected chi connectivity index (χ4v) is 3.98. The van der Waals surface area contributed by atoms with E-state index in [1.54, 1.807) is 0 Å². The first kappa shape index (κ1) is 11.0. The quantitative estimate of drug-likeness (QED) is 0.795. The maximum atomic E-state index is 9.84. The molecular weight excluding hydrogens is 200 g/mol. The first-order valence-corrected chi connectivity index (χ1v) is 7.06. The second-order valence-corrected chi connectivity index (χ2v) is 6.25. The average molecular weight is 224 g/mol. The van der Waals surface area contributed by atoms with E-state index in [1.807, 2.05) is 0 Å². The Bertz CT molecular complexity index is 243. The Labute approximate surface area is 98.4 Å². The van der Waals surface area contributed by atoms with Crippen molar-refractivity contribution in [1.29, 1.82) is 0 Å². The summed E-state index contributed by atoms with van der Waals surface area (Å²) >= 11 is 0. The van der Waals surface area contributed by atoms with Crippen molar-refractivity contribution in [3.63, 3.8) is 0 Å². The van der Waals surface area contributed by atoms with E-state index in [0.717, 1.165) is 24.9 Å². The highest BCUT2D eigenvalue weighted by atomic mass is 16.5. The van der Waals surface area contributed by atoms with Crippen molar-refractivity contribution in [1.82, 2.24) is 0 Å². The van der Waals surface area contributed by atoms with Crippen LogP contribution < -0.4 is 0 Å². The van der Waals surface area contributed by atoms with E-state index >= 15 is 0 Å². The molecule has 2 nitrogen and oxygen atoms in total. The molecule has 0 amide bonds. The monoisotopic (exact) mass is 224 g/mol. The van der Waals surface area contributed by atoms with Crippen molar-refractivity contribution in [3.8, 4) is 0 Å². The Balaban J connectivity index is 1.69. The largest absolute Gasteiger partial charge is 0.396 e. The summed E-state index contributed by atoms with van der Waals surface area (Å²) in [7, 11) is 0. The van der Waals surface area contributed by atoms with Crippen LogP contribution in [0.3, 0.4) is 0 Å². The summed E-state index contributed by atoms with van der Waals surface area (Å²) in [5, 5.41) is 9.84. The predicted octanol–water partition coefficient (Wildman–Crippen LogP) is 2.74. The molecule has 3 fully saturated rings. The molecule has 16 heavy (non-hydrogen) atoms. The molecule has 1 heterocycles. The van der Waals surface area contributed by atoms with Crippen LogP contribution in [0.15, 0.2) is 0 Å². The second kappa shape index (κ2) is 4.30. The molecule has 2 aliphatic carbocycles. The topological polar surface area (TPSA) is 29.5 Å². The highest BCUT2D eigenvalue weighted by molar-refractivity contribution is 5.00. The van der Waals surface area contributed by atoms with Crippen LogP contribution in [-0.2, 0) is 4.74 Å². The lowest BCUT2D eigenvalue weighted by molar-refractivity contribution is -0.0125. The molecular formula is C14H24O2. The zero-order valence-electron chi connectivity index (χ0n) is 10.2.